The number of rotatable bonds is 15. The number of aryl methyl sites for hydroxylation is 2. The van der Waals surface area contributed by atoms with Crippen LogP contribution in [0.2, 0.25) is 0 Å². The summed E-state index contributed by atoms with van der Waals surface area (Å²) in [7, 11) is -4.18. The highest BCUT2D eigenvalue weighted by Gasteiger charge is 2.36. The number of aliphatic hydroxyl groups excluding tert-OH is 1. The van der Waals surface area contributed by atoms with Crippen LogP contribution in [0.15, 0.2) is 87.7 Å². The quantitative estimate of drug-likeness (QED) is 0.0963. The molecule has 0 unspecified atom stereocenters. The molecule has 9 rings (SSSR count). The van der Waals surface area contributed by atoms with Gasteiger partial charge < -0.3 is 29.9 Å². The van der Waals surface area contributed by atoms with Gasteiger partial charge in [0.2, 0.25) is 10.0 Å². The Labute approximate surface area is 421 Å². The van der Waals surface area contributed by atoms with Gasteiger partial charge in [-0.2, -0.15) is 18.9 Å². The van der Waals surface area contributed by atoms with E-state index in [2.05, 4.69) is 37.2 Å². The molecular weight excluding hydrogens is 959 g/mol. The Hall–Kier alpha value is -7.10. The first-order valence-corrected chi connectivity index (χ1v) is 26.2. The van der Waals surface area contributed by atoms with Crippen LogP contribution in [0.1, 0.15) is 88.6 Å². The van der Waals surface area contributed by atoms with Crippen LogP contribution >= 0.6 is 0 Å². The van der Waals surface area contributed by atoms with E-state index in [4.69, 9.17) is 4.98 Å². The number of phenolic OH excluding ortho intramolecular Hbond substituents is 1. The second-order valence-electron chi connectivity index (χ2n) is 19.0. The van der Waals surface area contributed by atoms with Crippen molar-refractivity contribution in [3.8, 4) is 22.7 Å². The highest BCUT2D eigenvalue weighted by atomic mass is 32.2. The molecule has 1 aromatic carbocycles. The summed E-state index contributed by atoms with van der Waals surface area (Å²) in [6.07, 6.45) is 11.0. The molecule has 2 fully saturated rings. The van der Waals surface area contributed by atoms with Gasteiger partial charge in [-0.25, -0.2) is 36.5 Å². The minimum Gasteiger partial charge on any atom is -0.507 e. The standard InChI is InChI=1S/C52H60F2N12O6S/c1-7-35-27-57-66-42(25-43(58-49(35)66)64-20-10-9-12-36(64)18-23-67)56-26-34-15-16-44(69)61(29-34)30-37(8-2)73(71,72)62-21-22-63(33(6)28-62)50-38-24-40(54)47(45-39(53)13-11-14-41(45)68)59-51(38)65(52(70)60-50)48-32(5)17-19-55-46(48)31(3)4/h8,11,13-17,19,24-25,27,29,31,33,36,56,67-68H,7,9-10,12,18,20-23,26,28,30H2,1-6H3/b37-8+/t33-,36-/m0/s1. The zero-order chi connectivity index (χ0) is 51.9. The summed E-state index contributed by atoms with van der Waals surface area (Å²) in [5.41, 5.74) is 1.77. The number of allylic oxidation sites excluding steroid dienone is 2. The van der Waals surface area contributed by atoms with Gasteiger partial charge in [0.25, 0.3) is 5.56 Å². The van der Waals surface area contributed by atoms with Crippen LogP contribution < -0.4 is 26.4 Å². The number of phenols is 1. The number of aliphatic hydroxyl groups is 1. The molecule has 0 saturated carbocycles. The number of fused-ring (bicyclic) bond motifs is 2. The van der Waals surface area contributed by atoms with Crippen LogP contribution in [-0.2, 0) is 29.5 Å². The van der Waals surface area contributed by atoms with E-state index in [1.54, 1.807) is 60.9 Å². The molecule has 384 valence electrons. The molecule has 0 aliphatic carbocycles. The number of piperidine rings is 1. The van der Waals surface area contributed by atoms with Crippen molar-refractivity contribution in [2.24, 2.45) is 0 Å². The van der Waals surface area contributed by atoms with Gasteiger partial charge in [0.15, 0.2) is 17.1 Å². The summed E-state index contributed by atoms with van der Waals surface area (Å²) in [6.45, 7) is 11.9. The van der Waals surface area contributed by atoms with E-state index in [1.807, 2.05) is 19.9 Å². The third-order valence-corrected chi connectivity index (χ3v) is 16.0. The maximum Gasteiger partial charge on any atom is 0.355 e. The van der Waals surface area contributed by atoms with Crippen LogP contribution in [-0.4, -0.2) is 106 Å². The predicted molar refractivity (Wildman–Crippen MR) is 277 cm³/mol. The maximum absolute atomic E-state index is 16.4. The maximum atomic E-state index is 16.4. The number of hydrogen-bond donors (Lipinski definition) is 3. The summed E-state index contributed by atoms with van der Waals surface area (Å²) >= 11 is 0. The van der Waals surface area contributed by atoms with Gasteiger partial charge in [-0.15, -0.1) is 0 Å². The van der Waals surface area contributed by atoms with Crippen molar-refractivity contribution in [1.82, 2.24) is 43.0 Å². The lowest BCUT2D eigenvalue weighted by Crippen LogP contribution is -2.54. The first-order valence-electron chi connectivity index (χ1n) is 24.7. The normalized spacial score (nSPS) is 17.1. The van der Waals surface area contributed by atoms with Gasteiger partial charge >= 0.3 is 5.69 Å². The van der Waals surface area contributed by atoms with Crippen LogP contribution in [0.25, 0.3) is 33.6 Å². The summed E-state index contributed by atoms with van der Waals surface area (Å²) in [5.74, 6) is -1.09. The van der Waals surface area contributed by atoms with E-state index in [0.29, 0.717) is 34.7 Å². The molecule has 0 radical (unpaired) electrons. The highest BCUT2D eigenvalue weighted by molar-refractivity contribution is 7.93. The van der Waals surface area contributed by atoms with Crippen molar-refractivity contribution in [1.29, 1.82) is 0 Å². The lowest BCUT2D eigenvalue weighted by atomic mass is 9.99. The zero-order valence-corrected chi connectivity index (χ0v) is 42.6. The van der Waals surface area contributed by atoms with E-state index >= 15 is 8.78 Å². The number of nitrogens with one attached hydrogen (secondary N) is 1. The van der Waals surface area contributed by atoms with Gasteiger partial charge in [-0.3, -0.25) is 9.78 Å². The number of nitrogens with zero attached hydrogens (tertiary/aromatic N) is 11. The fourth-order valence-corrected chi connectivity index (χ4v) is 11.8. The molecule has 6 aromatic heterocycles. The molecule has 0 spiro atoms. The van der Waals surface area contributed by atoms with E-state index in [-0.39, 0.29) is 73.0 Å². The van der Waals surface area contributed by atoms with E-state index in [0.717, 1.165) is 61.4 Å². The topological polar surface area (TPSA) is 209 Å². The Balaban J connectivity index is 0.983. The molecule has 2 saturated heterocycles. The predicted octanol–water partition coefficient (Wildman–Crippen LogP) is 6.82. The third kappa shape index (κ3) is 9.68. The van der Waals surface area contributed by atoms with Crippen molar-refractivity contribution < 1.29 is 27.4 Å². The number of benzene rings is 1. The number of halogens is 2. The second kappa shape index (κ2) is 20.8. The largest absolute Gasteiger partial charge is 0.507 e. The molecule has 8 heterocycles. The number of hydrogen-bond acceptors (Lipinski definition) is 14. The molecule has 3 N–H and O–H groups in total. The van der Waals surface area contributed by atoms with Crippen LogP contribution in [0.4, 0.5) is 26.2 Å². The number of anilines is 3. The monoisotopic (exact) mass is 1020 g/mol. The first-order chi connectivity index (χ1) is 35.0. The molecule has 2 aliphatic rings. The van der Waals surface area contributed by atoms with Crippen molar-refractivity contribution in [2.75, 3.05) is 47.9 Å². The Bertz CT molecular complexity index is 3480. The van der Waals surface area contributed by atoms with Crippen LogP contribution in [0.3, 0.4) is 0 Å². The van der Waals surface area contributed by atoms with Crippen LogP contribution in [0.5, 0.6) is 5.75 Å². The molecule has 73 heavy (non-hydrogen) atoms. The average molecular weight is 1020 g/mol. The molecule has 2 atom stereocenters. The van der Waals surface area contributed by atoms with E-state index < -0.39 is 56.0 Å². The Kier molecular flexibility index (Phi) is 14.5. The Morgan fingerprint density at radius 3 is 2.52 bits per heavy atom. The summed E-state index contributed by atoms with van der Waals surface area (Å²) in [4.78, 5) is 50.5. The summed E-state index contributed by atoms with van der Waals surface area (Å²) in [5, 5.41) is 28.7. The fourth-order valence-electron chi connectivity index (χ4n) is 10.1. The van der Waals surface area contributed by atoms with Crippen molar-refractivity contribution in [3.05, 3.63) is 133 Å². The van der Waals surface area contributed by atoms with Crippen molar-refractivity contribution in [2.45, 2.75) is 105 Å². The zero-order valence-electron chi connectivity index (χ0n) is 41.8. The molecule has 7 aromatic rings. The fraction of sp³-hybridized carbons (Fsp3) is 0.404. The van der Waals surface area contributed by atoms with E-state index in [1.165, 1.54) is 37.7 Å². The van der Waals surface area contributed by atoms with Crippen molar-refractivity contribution in [3.63, 3.8) is 0 Å². The molecule has 21 heteroatoms. The molecule has 0 amide bonds. The van der Waals surface area contributed by atoms with Crippen molar-refractivity contribution >= 4 is 44.2 Å². The number of piperazine rings is 1. The minimum atomic E-state index is -4.18. The van der Waals surface area contributed by atoms with Gasteiger partial charge in [0, 0.05) is 81.5 Å². The number of aromatic nitrogens is 8. The number of pyridine rings is 3. The third-order valence-electron chi connectivity index (χ3n) is 14.0. The number of sulfonamides is 1. The van der Waals surface area contributed by atoms with Gasteiger partial charge in [-0.05, 0) is 94.2 Å². The SMILES string of the molecule is C/C=C(\Cn1cc(CNc2cc(N3CCCC[C@H]3CCO)nc3c(CC)cnn23)ccc1=O)S(=O)(=O)N1CCN(c2nc(=O)n(-c3c(C)ccnc3C(C)C)c3nc(-c4c(O)cccc4F)c(F)cc23)[C@@H](C)C1. The Morgan fingerprint density at radius 1 is 0.986 bits per heavy atom. The van der Waals surface area contributed by atoms with E-state index in [9.17, 15) is 28.2 Å². The minimum absolute atomic E-state index is 0.00221. The lowest BCUT2D eigenvalue weighted by molar-refractivity contribution is 0.262. The van der Waals surface area contributed by atoms with Crippen LogP contribution in [0, 0.1) is 18.6 Å². The summed E-state index contributed by atoms with van der Waals surface area (Å²) in [6, 6.07) is 11.0. The van der Waals surface area contributed by atoms with Gasteiger partial charge in [0.1, 0.15) is 34.7 Å². The average Bonchev–Trinajstić information content (AvgIpc) is 3.79. The second-order valence-corrected chi connectivity index (χ2v) is 21.0. The van der Waals surface area contributed by atoms with Gasteiger partial charge in [-0.1, -0.05) is 39.0 Å². The molecule has 18 nitrogen and oxygen atoms in total. The molecule has 0 bridgehead atoms. The van der Waals surface area contributed by atoms with Gasteiger partial charge in [0.05, 0.1) is 40.0 Å². The molecular formula is C52H60F2N12O6S. The summed E-state index contributed by atoms with van der Waals surface area (Å²) < 4.78 is 66.5. The Morgan fingerprint density at radius 2 is 1.79 bits per heavy atom. The highest BCUT2D eigenvalue weighted by Crippen LogP contribution is 2.38. The molecule has 2 aliphatic heterocycles. The number of aromatic hydroxyl groups is 1. The lowest BCUT2D eigenvalue weighted by Gasteiger charge is -2.40. The smallest absolute Gasteiger partial charge is 0.355 e. The first kappa shape index (κ1) is 50.8.